The number of carbonyl (C=O) groups excluding carboxylic acids is 3. The van der Waals surface area contributed by atoms with Crippen molar-refractivity contribution >= 4 is 23.5 Å². The molecule has 0 bridgehead atoms. The average Bonchev–Trinajstić information content (AvgIpc) is 3.02. The SMILES string of the molecule is O=C1OC(=O)[C@H]2CC=C[C@H]([C@H]3C(=O)N(c4ccccc4)[C@@H]3c3ccccc3)[C@@H]12. The van der Waals surface area contributed by atoms with Crippen molar-refractivity contribution in [3.63, 3.8) is 0 Å². The van der Waals surface area contributed by atoms with Crippen LogP contribution < -0.4 is 4.90 Å². The maximum atomic E-state index is 13.3. The van der Waals surface area contributed by atoms with Crippen LogP contribution in [0.3, 0.4) is 0 Å². The topological polar surface area (TPSA) is 63.7 Å². The van der Waals surface area contributed by atoms with Gasteiger partial charge in [-0.3, -0.25) is 14.4 Å². The number of ether oxygens (including phenoxy) is 1. The molecule has 0 saturated carbocycles. The molecular formula is C23H19NO4. The molecule has 5 heteroatoms. The standard InChI is InChI=1S/C23H19NO4/c25-21-19(16-12-7-13-17-18(16)23(27)28-22(17)26)20(14-8-3-1-4-9-14)24(21)15-10-5-2-6-11-15/h1-12,16-20H,13H2/t16-,17-,18+,19+,20+/m0/s1. The molecule has 5 atom stereocenters. The number of β-lactam (4-membered cyclic amide) rings is 1. The summed E-state index contributed by atoms with van der Waals surface area (Å²) in [6.45, 7) is 0. The first-order valence-corrected chi connectivity index (χ1v) is 9.52. The highest BCUT2D eigenvalue weighted by molar-refractivity contribution is 6.05. The Bertz CT molecular complexity index is 969. The monoisotopic (exact) mass is 373 g/mol. The van der Waals surface area contributed by atoms with Crippen molar-refractivity contribution in [2.45, 2.75) is 12.5 Å². The fraction of sp³-hybridized carbons (Fsp3) is 0.261. The van der Waals surface area contributed by atoms with Gasteiger partial charge >= 0.3 is 11.9 Å². The molecule has 2 aromatic rings. The second-order valence-electron chi connectivity index (χ2n) is 7.54. The second kappa shape index (κ2) is 6.44. The summed E-state index contributed by atoms with van der Waals surface area (Å²) in [6.07, 6.45) is 4.33. The van der Waals surface area contributed by atoms with Gasteiger partial charge in [-0.15, -0.1) is 0 Å². The first-order valence-electron chi connectivity index (χ1n) is 9.52. The number of allylic oxidation sites excluding steroid dienone is 2. The van der Waals surface area contributed by atoms with Crippen LogP contribution in [-0.2, 0) is 19.1 Å². The van der Waals surface area contributed by atoms with Crippen molar-refractivity contribution in [1.29, 1.82) is 0 Å². The Morgan fingerprint density at radius 2 is 1.50 bits per heavy atom. The first-order chi connectivity index (χ1) is 13.7. The number of nitrogens with zero attached hydrogens (tertiary/aromatic N) is 1. The number of carbonyl (C=O) groups is 3. The predicted octanol–water partition coefficient (Wildman–Crippen LogP) is 3.28. The Labute approximate surface area is 162 Å². The zero-order chi connectivity index (χ0) is 19.3. The smallest absolute Gasteiger partial charge is 0.318 e. The number of hydrogen-bond acceptors (Lipinski definition) is 4. The van der Waals surface area contributed by atoms with E-state index >= 15 is 0 Å². The van der Waals surface area contributed by atoms with E-state index < -0.39 is 29.7 Å². The third-order valence-electron chi connectivity index (χ3n) is 6.10. The minimum absolute atomic E-state index is 0.0255. The number of amides is 1. The van der Waals surface area contributed by atoms with Crippen molar-refractivity contribution in [1.82, 2.24) is 0 Å². The zero-order valence-corrected chi connectivity index (χ0v) is 15.1. The molecule has 0 N–H and O–H groups in total. The summed E-state index contributed by atoms with van der Waals surface area (Å²) >= 11 is 0. The molecule has 0 spiro atoms. The number of benzene rings is 2. The summed E-state index contributed by atoms with van der Waals surface area (Å²) < 4.78 is 4.90. The van der Waals surface area contributed by atoms with Crippen molar-refractivity contribution < 1.29 is 19.1 Å². The third kappa shape index (κ3) is 2.43. The Morgan fingerprint density at radius 1 is 0.821 bits per heavy atom. The summed E-state index contributed by atoms with van der Waals surface area (Å²) in [6, 6.07) is 19.2. The molecule has 0 unspecified atom stereocenters. The highest BCUT2D eigenvalue weighted by Crippen LogP contribution is 2.52. The Kier molecular flexibility index (Phi) is 3.90. The Morgan fingerprint density at radius 3 is 2.21 bits per heavy atom. The van der Waals surface area contributed by atoms with Gasteiger partial charge in [-0.1, -0.05) is 60.7 Å². The molecule has 1 amide bonds. The molecule has 28 heavy (non-hydrogen) atoms. The molecule has 2 saturated heterocycles. The summed E-state index contributed by atoms with van der Waals surface area (Å²) in [5.74, 6) is -2.77. The van der Waals surface area contributed by atoms with Gasteiger partial charge in [0, 0.05) is 11.6 Å². The van der Waals surface area contributed by atoms with Gasteiger partial charge in [0.2, 0.25) is 5.91 Å². The lowest BCUT2D eigenvalue weighted by Gasteiger charge is -2.51. The lowest BCUT2D eigenvalue weighted by atomic mass is 9.64. The number of para-hydroxylation sites is 1. The molecule has 3 aliphatic rings. The molecule has 140 valence electrons. The van der Waals surface area contributed by atoms with Crippen LogP contribution in [0.2, 0.25) is 0 Å². The lowest BCUT2D eigenvalue weighted by molar-refractivity contribution is -0.154. The van der Waals surface area contributed by atoms with Crippen LogP contribution in [0.4, 0.5) is 5.69 Å². The normalized spacial score (nSPS) is 31.4. The van der Waals surface area contributed by atoms with Crippen LogP contribution in [0.5, 0.6) is 0 Å². The second-order valence-corrected chi connectivity index (χ2v) is 7.54. The van der Waals surface area contributed by atoms with Gasteiger partial charge in [-0.2, -0.15) is 0 Å². The van der Waals surface area contributed by atoms with Gasteiger partial charge in [0.15, 0.2) is 0 Å². The number of hydrogen-bond donors (Lipinski definition) is 0. The molecular weight excluding hydrogens is 354 g/mol. The van der Waals surface area contributed by atoms with E-state index in [1.165, 1.54) is 0 Å². The van der Waals surface area contributed by atoms with Gasteiger partial charge in [0.05, 0.1) is 23.8 Å². The van der Waals surface area contributed by atoms with Crippen molar-refractivity contribution in [2.24, 2.45) is 23.7 Å². The minimum Gasteiger partial charge on any atom is -0.393 e. The summed E-state index contributed by atoms with van der Waals surface area (Å²) in [5.41, 5.74) is 1.85. The highest BCUT2D eigenvalue weighted by atomic mass is 16.6. The van der Waals surface area contributed by atoms with Crippen LogP contribution in [-0.4, -0.2) is 17.8 Å². The number of fused-ring (bicyclic) bond motifs is 1. The zero-order valence-electron chi connectivity index (χ0n) is 15.1. The van der Waals surface area contributed by atoms with Crippen molar-refractivity contribution in [3.8, 4) is 0 Å². The summed E-state index contributed by atoms with van der Waals surface area (Å²) in [5, 5.41) is 0. The van der Waals surface area contributed by atoms with E-state index in [2.05, 4.69) is 0 Å². The predicted molar refractivity (Wildman–Crippen MR) is 102 cm³/mol. The van der Waals surface area contributed by atoms with Crippen molar-refractivity contribution in [2.75, 3.05) is 4.90 Å². The number of anilines is 1. The molecule has 0 radical (unpaired) electrons. The number of rotatable bonds is 3. The summed E-state index contributed by atoms with van der Waals surface area (Å²) in [7, 11) is 0. The number of esters is 2. The van der Waals surface area contributed by atoms with Crippen LogP contribution in [0.1, 0.15) is 18.0 Å². The Hall–Kier alpha value is -3.21. The molecule has 1 aliphatic carbocycles. The van der Waals surface area contributed by atoms with E-state index in [-0.39, 0.29) is 17.9 Å². The van der Waals surface area contributed by atoms with E-state index in [4.69, 9.17) is 4.74 Å². The van der Waals surface area contributed by atoms with Crippen LogP contribution >= 0.6 is 0 Å². The maximum absolute atomic E-state index is 13.3. The van der Waals surface area contributed by atoms with E-state index in [0.29, 0.717) is 6.42 Å². The van der Waals surface area contributed by atoms with Crippen LogP contribution in [0.15, 0.2) is 72.8 Å². The molecule has 2 aromatic carbocycles. The fourth-order valence-corrected chi connectivity index (χ4v) is 4.84. The minimum atomic E-state index is -0.574. The number of cyclic esters (lactones) is 2. The highest BCUT2D eigenvalue weighted by Gasteiger charge is 2.59. The van der Waals surface area contributed by atoms with Gasteiger partial charge in [-0.25, -0.2) is 0 Å². The fourth-order valence-electron chi connectivity index (χ4n) is 4.84. The van der Waals surface area contributed by atoms with E-state index in [9.17, 15) is 14.4 Å². The molecule has 2 heterocycles. The van der Waals surface area contributed by atoms with Gasteiger partial charge in [-0.05, 0) is 24.1 Å². The molecule has 2 fully saturated rings. The first kappa shape index (κ1) is 16.9. The van der Waals surface area contributed by atoms with E-state index in [1.54, 1.807) is 4.90 Å². The molecule has 5 rings (SSSR count). The van der Waals surface area contributed by atoms with Crippen molar-refractivity contribution in [3.05, 3.63) is 78.4 Å². The molecule has 5 nitrogen and oxygen atoms in total. The molecule has 0 aromatic heterocycles. The lowest BCUT2D eigenvalue weighted by Crippen LogP contribution is -2.59. The average molecular weight is 373 g/mol. The van der Waals surface area contributed by atoms with Crippen LogP contribution in [0, 0.1) is 23.7 Å². The van der Waals surface area contributed by atoms with Gasteiger partial charge in [0.1, 0.15) is 0 Å². The third-order valence-corrected chi connectivity index (χ3v) is 6.10. The summed E-state index contributed by atoms with van der Waals surface area (Å²) in [4.78, 5) is 39.5. The molecule has 2 aliphatic heterocycles. The maximum Gasteiger partial charge on any atom is 0.318 e. The van der Waals surface area contributed by atoms with Gasteiger partial charge in [0.25, 0.3) is 0 Å². The van der Waals surface area contributed by atoms with Gasteiger partial charge < -0.3 is 9.64 Å². The van der Waals surface area contributed by atoms with E-state index in [1.807, 2.05) is 72.8 Å². The van der Waals surface area contributed by atoms with Crippen LogP contribution in [0.25, 0.3) is 0 Å². The Balaban J connectivity index is 1.56. The quantitative estimate of drug-likeness (QED) is 0.358. The largest absolute Gasteiger partial charge is 0.393 e. The van der Waals surface area contributed by atoms with E-state index in [0.717, 1.165) is 11.3 Å².